The molecule has 3 heteroatoms. The lowest BCUT2D eigenvalue weighted by atomic mass is 9.47. The number of allylic oxidation sites excluding steroid dienone is 2. The number of carbonyl (C=O) groups excluding carboxylic acids is 1. The first-order chi connectivity index (χ1) is 16.5. The van der Waals surface area contributed by atoms with Crippen LogP contribution in [0.25, 0.3) is 0 Å². The number of ether oxygens (including phenoxy) is 1. The highest BCUT2D eigenvalue weighted by atomic mass is 35.5. The third kappa shape index (κ3) is 5.17. The van der Waals surface area contributed by atoms with Gasteiger partial charge in [-0.15, -0.1) is 0 Å². The van der Waals surface area contributed by atoms with Crippen LogP contribution in [0.2, 0.25) is 0 Å². The molecule has 0 aromatic rings. The Balaban J connectivity index is 1.44. The van der Waals surface area contributed by atoms with Gasteiger partial charge in [-0.3, -0.25) is 0 Å². The summed E-state index contributed by atoms with van der Waals surface area (Å²) in [6.07, 6.45) is 16.8. The van der Waals surface area contributed by atoms with E-state index < -0.39 is 0 Å². The Bertz CT molecular complexity index is 852. The minimum atomic E-state index is -0.242. The standard InChI is InChI=1S/C32H51ClO2/c1-20(2)9-8-10-21(3)27-13-14-28-26-12-11-24-19-25(35-30(34)22(4)23(5)33)15-17-31(24,6)29(26)16-18-32(27,28)7/h11,20-21,25-29H,8-10,12-19H2,1-7H3. The predicted molar refractivity (Wildman–Crippen MR) is 147 cm³/mol. The summed E-state index contributed by atoms with van der Waals surface area (Å²) in [7, 11) is 0. The number of halogens is 1. The molecule has 4 aliphatic carbocycles. The second-order valence-electron chi connectivity index (χ2n) is 13.7. The molecule has 4 aliphatic rings. The fourth-order valence-electron chi connectivity index (χ4n) is 9.13. The van der Waals surface area contributed by atoms with Crippen molar-refractivity contribution in [3.63, 3.8) is 0 Å². The van der Waals surface area contributed by atoms with Crippen molar-refractivity contribution in [3.05, 3.63) is 22.3 Å². The number of fused-ring (bicyclic) bond motifs is 5. The molecule has 0 aromatic carbocycles. The van der Waals surface area contributed by atoms with Gasteiger partial charge < -0.3 is 4.74 Å². The SMILES string of the molecule is CC(Cl)=C(C)C(=O)OC1CCC2(C)C(=CCC3C2CCC2(C)C(C(C)CCCC(C)C)CCC32)C1. The predicted octanol–water partition coefficient (Wildman–Crippen LogP) is 9.47. The van der Waals surface area contributed by atoms with Crippen LogP contribution in [-0.2, 0) is 9.53 Å². The largest absolute Gasteiger partial charge is 0.459 e. The average molecular weight is 503 g/mol. The third-order valence-corrected chi connectivity index (χ3v) is 11.6. The molecule has 3 fully saturated rings. The first-order valence-electron chi connectivity index (χ1n) is 14.7. The molecule has 3 saturated carbocycles. The van der Waals surface area contributed by atoms with E-state index in [0.717, 1.165) is 54.8 Å². The quantitative estimate of drug-likeness (QED) is 0.197. The molecule has 0 aliphatic heterocycles. The zero-order chi connectivity index (χ0) is 25.5. The van der Waals surface area contributed by atoms with E-state index in [4.69, 9.17) is 16.3 Å². The van der Waals surface area contributed by atoms with Crippen LogP contribution >= 0.6 is 11.6 Å². The molecule has 4 rings (SSSR count). The van der Waals surface area contributed by atoms with Crippen molar-refractivity contribution in [1.82, 2.24) is 0 Å². The summed E-state index contributed by atoms with van der Waals surface area (Å²) in [6, 6.07) is 0. The molecule has 0 N–H and O–H groups in total. The highest BCUT2D eigenvalue weighted by molar-refractivity contribution is 6.31. The summed E-state index contributed by atoms with van der Waals surface area (Å²) >= 11 is 6.04. The van der Waals surface area contributed by atoms with Crippen LogP contribution in [0.1, 0.15) is 119 Å². The molecule has 0 heterocycles. The van der Waals surface area contributed by atoms with Gasteiger partial charge in [0.25, 0.3) is 0 Å². The molecule has 2 nitrogen and oxygen atoms in total. The monoisotopic (exact) mass is 502 g/mol. The number of esters is 1. The number of hydrogen-bond donors (Lipinski definition) is 0. The number of hydrogen-bond acceptors (Lipinski definition) is 2. The van der Waals surface area contributed by atoms with Gasteiger partial charge >= 0.3 is 5.97 Å². The molecule has 0 spiro atoms. The van der Waals surface area contributed by atoms with Crippen LogP contribution in [0.3, 0.4) is 0 Å². The van der Waals surface area contributed by atoms with Crippen molar-refractivity contribution < 1.29 is 9.53 Å². The van der Waals surface area contributed by atoms with Gasteiger partial charge in [-0.25, -0.2) is 4.79 Å². The summed E-state index contributed by atoms with van der Waals surface area (Å²) in [5, 5.41) is 0.532. The molecule has 0 radical (unpaired) electrons. The van der Waals surface area contributed by atoms with Gasteiger partial charge in [-0.2, -0.15) is 0 Å². The highest BCUT2D eigenvalue weighted by Crippen LogP contribution is 2.67. The Labute approximate surface area is 220 Å². The van der Waals surface area contributed by atoms with Crippen molar-refractivity contribution >= 4 is 17.6 Å². The van der Waals surface area contributed by atoms with Gasteiger partial charge in [0.1, 0.15) is 6.10 Å². The van der Waals surface area contributed by atoms with Crippen LogP contribution in [-0.4, -0.2) is 12.1 Å². The van der Waals surface area contributed by atoms with E-state index in [0.29, 0.717) is 21.4 Å². The maximum absolute atomic E-state index is 12.5. The molecule has 8 unspecified atom stereocenters. The lowest BCUT2D eigenvalue weighted by Gasteiger charge is -2.58. The zero-order valence-electron chi connectivity index (χ0n) is 23.6. The average Bonchev–Trinajstić information content (AvgIpc) is 3.15. The first-order valence-corrected chi connectivity index (χ1v) is 15.1. The molecular formula is C32H51ClO2. The second kappa shape index (κ2) is 10.5. The first kappa shape index (κ1) is 27.3. The van der Waals surface area contributed by atoms with E-state index in [9.17, 15) is 4.79 Å². The smallest absolute Gasteiger partial charge is 0.335 e. The Morgan fingerprint density at radius 3 is 2.49 bits per heavy atom. The Kier molecular flexibility index (Phi) is 8.22. The molecule has 8 atom stereocenters. The number of carbonyl (C=O) groups is 1. The lowest BCUT2D eigenvalue weighted by molar-refractivity contribution is -0.146. The summed E-state index contributed by atoms with van der Waals surface area (Å²) < 4.78 is 5.90. The minimum Gasteiger partial charge on any atom is -0.459 e. The number of rotatable bonds is 7. The van der Waals surface area contributed by atoms with E-state index >= 15 is 0 Å². The summed E-state index contributed by atoms with van der Waals surface area (Å²) in [4.78, 5) is 12.5. The Morgan fingerprint density at radius 2 is 1.80 bits per heavy atom. The fourth-order valence-corrected chi connectivity index (χ4v) is 9.21. The summed E-state index contributed by atoms with van der Waals surface area (Å²) in [5.74, 6) is 4.91. The maximum Gasteiger partial charge on any atom is 0.335 e. The van der Waals surface area contributed by atoms with E-state index in [2.05, 4.69) is 40.7 Å². The zero-order valence-corrected chi connectivity index (χ0v) is 24.3. The summed E-state index contributed by atoms with van der Waals surface area (Å²) in [6.45, 7) is 16.0. The molecular weight excluding hydrogens is 452 g/mol. The van der Waals surface area contributed by atoms with Crippen LogP contribution in [0.5, 0.6) is 0 Å². The van der Waals surface area contributed by atoms with E-state index in [1.165, 1.54) is 51.4 Å². The van der Waals surface area contributed by atoms with Crippen molar-refractivity contribution in [2.24, 2.45) is 46.3 Å². The molecule has 0 bridgehead atoms. The van der Waals surface area contributed by atoms with Crippen LogP contribution in [0.15, 0.2) is 22.3 Å². The third-order valence-electron chi connectivity index (χ3n) is 11.4. The Hall–Kier alpha value is -0.760. The van der Waals surface area contributed by atoms with E-state index in [1.54, 1.807) is 19.4 Å². The van der Waals surface area contributed by atoms with Gasteiger partial charge in [0, 0.05) is 17.0 Å². The van der Waals surface area contributed by atoms with Crippen molar-refractivity contribution in [1.29, 1.82) is 0 Å². The van der Waals surface area contributed by atoms with Gasteiger partial charge in [0.2, 0.25) is 0 Å². The molecule has 0 saturated heterocycles. The normalized spacial score (nSPS) is 40.3. The van der Waals surface area contributed by atoms with Crippen LogP contribution in [0, 0.1) is 46.3 Å². The van der Waals surface area contributed by atoms with E-state index in [-0.39, 0.29) is 12.1 Å². The van der Waals surface area contributed by atoms with Crippen LogP contribution < -0.4 is 0 Å². The van der Waals surface area contributed by atoms with Crippen LogP contribution in [0.4, 0.5) is 0 Å². The molecule has 35 heavy (non-hydrogen) atoms. The molecule has 0 aromatic heterocycles. The lowest BCUT2D eigenvalue weighted by Crippen LogP contribution is -2.51. The minimum absolute atomic E-state index is 0.000692. The van der Waals surface area contributed by atoms with E-state index in [1.807, 2.05) is 0 Å². The Morgan fingerprint density at radius 1 is 1.06 bits per heavy atom. The van der Waals surface area contributed by atoms with Gasteiger partial charge in [0.15, 0.2) is 0 Å². The highest BCUT2D eigenvalue weighted by Gasteiger charge is 2.59. The fraction of sp³-hybridized carbons (Fsp3) is 0.844. The van der Waals surface area contributed by atoms with Gasteiger partial charge in [-0.05, 0) is 105 Å². The molecule has 198 valence electrons. The maximum atomic E-state index is 12.5. The van der Waals surface area contributed by atoms with Gasteiger partial charge in [0.05, 0.1) is 0 Å². The summed E-state index contributed by atoms with van der Waals surface area (Å²) in [5.41, 5.74) is 2.95. The second-order valence-corrected chi connectivity index (χ2v) is 14.3. The topological polar surface area (TPSA) is 26.3 Å². The van der Waals surface area contributed by atoms with Gasteiger partial charge in [-0.1, -0.05) is 77.1 Å². The van der Waals surface area contributed by atoms with Crippen molar-refractivity contribution in [2.75, 3.05) is 0 Å². The molecule has 0 amide bonds. The van der Waals surface area contributed by atoms with Crippen molar-refractivity contribution in [3.8, 4) is 0 Å². The van der Waals surface area contributed by atoms with Crippen molar-refractivity contribution in [2.45, 2.75) is 125 Å².